The minimum absolute atomic E-state index is 0.175. The molecule has 0 aliphatic heterocycles. The normalized spacial score (nSPS) is 10.9. The van der Waals surface area contributed by atoms with E-state index >= 15 is 0 Å². The van der Waals surface area contributed by atoms with E-state index < -0.39 is 0 Å². The second kappa shape index (κ2) is 10.3. The summed E-state index contributed by atoms with van der Waals surface area (Å²) in [4.78, 5) is 12.4. The van der Waals surface area contributed by atoms with Crippen molar-refractivity contribution in [3.63, 3.8) is 0 Å². The SMILES string of the molecule is COc1cc(/C=C/C(=O)Nc2ccccc2C(C)C)ccc1OCc1ccccc1. The third-order valence-corrected chi connectivity index (χ3v) is 4.69. The third kappa shape index (κ3) is 5.74. The van der Waals surface area contributed by atoms with Crippen LogP contribution in [0.4, 0.5) is 5.69 Å². The number of rotatable bonds is 8. The van der Waals surface area contributed by atoms with Gasteiger partial charge in [0.15, 0.2) is 11.5 Å². The molecule has 0 radical (unpaired) electrons. The van der Waals surface area contributed by atoms with E-state index in [0.29, 0.717) is 24.0 Å². The van der Waals surface area contributed by atoms with Gasteiger partial charge in [0.05, 0.1) is 7.11 Å². The first kappa shape index (κ1) is 21.2. The fraction of sp³-hybridized carbons (Fsp3) is 0.192. The van der Waals surface area contributed by atoms with Gasteiger partial charge in [-0.15, -0.1) is 0 Å². The number of benzene rings is 3. The average Bonchev–Trinajstić information content (AvgIpc) is 2.77. The zero-order valence-electron chi connectivity index (χ0n) is 17.6. The van der Waals surface area contributed by atoms with Crippen LogP contribution in [0, 0.1) is 0 Å². The summed E-state index contributed by atoms with van der Waals surface area (Å²) in [5.41, 5.74) is 3.89. The summed E-state index contributed by atoms with van der Waals surface area (Å²) in [6, 6.07) is 23.4. The number of hydrogen-bond donors (Lipinski definition) is 1. The molecule has 1 amide bonds. The lowest BCUT2D eigenvalue weighted by Gasteiger charge is -2.12. The lowest BCUT2D eigenvalue weighted by Crippen LogP contribution is -2.10. The van der Waals surface area contributed by atoms with E-state index in [1.807, 2.05) is 72.8 Å². The highest BCUT2D eigenvalue weighted by atomic mass is 16.5. The molecule has 4 nitrogen and oxygen atoms in total. The Bertz CT molecular complexity index is 1010. The zero-order chi connectivity index (χ0) is 21.3. The van der Waals surface area contributed by atoms with Crippen molar-refractivity contribution in [3.05, 3.63) is 95.6 Å². The van der Waals surface area contributed by atoms with Crippen LogP contribution >= 0.6 is 0 Å². The number of anilines is 1. The molecule has 0 spiro atoms. The largest absolute Gasteiger partial charge is 0.493 e. The monoisotopic (exact) mass is 401 g/mol. The van der Waals surface area contributed by atoms with Gasteiger partial charge >= 0.3 is 0 Å². The number of hydrogen-bond acceptors (Lipinski definition) is 3. The van der Waals surface area contributed by atoms with Crippen molar-refractivity contribution >= 4 is 17.7 Å². The Kier molecular flexibility index (Phi) is 7.28. The third-order valence-electron chi connectivity index (χ3n) is 4.69. The Morgan fingerprint density at radius 2 is 1.70 bits per heavy atom. The molecule has 0 saturated carbocycles. The van der Waals surface area contributed by atoms with Gasteiger partial charge in [0.1, 0.15) is 6.61 Å². The quantitative estimate of drug-likeness (QED) is 0.468. The lowest BCUT2D eigenvalue weighted by molar-refractivity contribution is -0.111. The lowest BCUT2D eigenvalue weighted by atomic mass is 10.0. The second-order valence-electron chi connectivity index (χ2n) is 7.25. The van der Waals surface area contributed by atoms with E-state index in [0.717, 1.165) is 22.4 Å². The van der Waals surface area contributed by atoms with Crippen molar-refractivity contribution in [2.24, 2.45) is 0 Å². The molecule has 0 heterocycles. The van der Waals surface area contributed by atoms with E-state index in [2.05, 4.69) is 19.2 Å². The van der Waals surface area contributed by atoms with Crippen LogP contribution in [0.15, 0.2) is 78.9 Å². The molecule has 3 aromatic rings. The van der Waals surface area contributed by atoms with E-state index in [1.54, 1.807) is 13.2 Å². The first-order chi connectivity index (χ1) is 14.6. The maximum Gasteiger partial charge on any atom is 0.248 e. The van der Waals surface area contributed by atoms with E-state index in [1.165, 1.54) is 6.08 Å². The van der Waals surface area contributed by atoms with Crippen LogP contribution < -0.4 is 14.8 Å². The molecular formula is C26H27NO3. The maximum absolute atomic E-state index is 12.4. The summed E-state index contributed by atoms with van der Waals surface area (Å²) in [5, 5.41) is 2.96. The minimum Gasteiger partial charge on any atom is -0.493 e. The van der Waals surface area contributed by atoms with E-state index in [-0.39, 0.29) is 5.91 Å². The topological polar surface area (TPSA) is 47.6 Å². The first-order valence-corrected chi connectivity index (χ1v) is 9.99. The summed E-state index contributed by atoms with van der Waals surface area (Å²) in [6.07, 6.45) is 3.28. The molecule has 0 unspecified atom stereocenters. The molecule has 0 bridgehead atoms. The first-order valence-electron chi connectivity index (χ1n) is 9.99. The van der Waals surface area contributed by atoms with Gasteiger partial charge < -0.3 is 14.8 Å². The van der Waals surface area contributed by atoms with Crippen molar-refractivity contribution in [2.75, 3.05) is 12.4 Å². The highest BCUT2D eigenvalue weighted by Crippen LogP contribution is 2.29. The van der Waals surface area contributed by atoms with Gasteiger partial charge in [-0.05, 0) is 46.9 Å². The summed E-state index contributed by atoms with van der Waals surface area (Å²) >= 11 is 0. The van der Waals surface area contributed by atoms with Crippen molar-refractivity contribution in [2.45, 2.75) is 26.4 Å². The Morgan fingerprint density at radius 3 is 2.43 bits per heavy atom. The molecule has 0 aromatic heterocycles. The van der Waals surface area contributed by atoms with Gasteiger partial charge in [-0.2, -0.15) is 0 Å². The molecule has 0 saturated heterocycles. The number of carbonyl (C=O) groups is 1. The Morgan fingerprint density at radius 1 is 0.967 bits per heavy atom. The number of carbonyl (C=O) groups excluding carboxylic acids is 1. The van der Waals surface area contributed by atoms with Crippen LogP contribution in [-0.4, -0.2) is 13.0 Å². The van der Waals surface area contributed by atoms with Gasteiger partial charge in [0, 0.05) is 11.8 Å². The van der Waals surface area contributed by atoms with Gasteiger partial charge in [0.2, 0.25) is 5.91 Å². The smallest absolute Gasteiger partial charge is 0.248 e. The molecule has 0 aliphatic carbocycles. The van der Waals surface area contributed by atoms with Crippen LogP contribution in [0.5, 0.6) is 11.5 Å². The Balaban J connectivity index is 1.66. The van der Waals surface area contributed by atoms with Crippen molar-refractivity contribution in [1.82, 2.24) is 0 Å². The summed E-state index contributed by atoms with van der Waals surface area (Å²) in [6.45, 7) is 4.67. The molecular weight excluding hydrogens is 374 g/mol. The molecule has 3 rings (SSSR count). The predicted molar refractivity (Wildman–Crippen MR) is 122 cm³/mol. The average molecular weight is 402 g/mol. The molecule has 4 heteroatoms. The highest BCUT2D eigenvalue weighted by Gasteiger charge is 2.08. The van der Waals surface area contributed by atoms with E-state index in [4.69, 9.17) is 9.47 Å². The highest BCUT2D eigenvalue weighted by molar-refractivity contribution is 6.02. The van der Waals surface area contributed by atoms with Gasteiger partial charge in [0.25, 0.3) is 0 Å². The molecule has 0 aliphatic rings. The molecule has 1 N–H and O–H groups in total. The standard InChI is InChI=1S/C26H27NO3/c1-19(2)22-11-7-8-12-23(22)27-26(28)16-14-20-13-15-24(25(17-20)29-3)30-18-21-9-5-4-6-10-21/h4-17,19H,18H2,1-3H3,(H,27,28)/b16-14+. The molecule has 0 atom stereocenters. The van der Waals surface area contributed by atoms with E-state index in [9.17, 15) is 4.79 Å². The van der Waals surface area contributed by atoms with Crippen LogP contribution in [-0.2, 0) is 11.4 Å². The zero-order valence-corrected chi connectivity index (χ0v) is 17.6. The summed E-state index contributed by atoms with van der Waals surface area (Å²) in [5.74, 6) is 1.44. The van der Waals surface area contributed by atoms with Crippen molar-refractivity contribution in [1.29, 1.82) is 0 Å². The summed E-state index contributed by atoms with van der Waals surface area (Å²) in [7, 11) is 1.60. The van der Waals surface area contributed by atoms with Gasteiger partial charge in [-0.1, -0.05) is 68.4 Å². The van der Waals surface area contributed by atoms with Crippen molar-refractivity contribution < 1.29 is 14.3 Å². The summed E-state index contributed by atoms with van der Waals surface area (Å²) < 4.78 is 11.3. The van der Waals surface area contributed by atoms with Gasteiger partial charge in [-0.25, -0.2) is 0 Å². The number of amides is 1. The van der Waals surface area contributed by atoms with Crippen LogP contribution in [0.25, 0.3) is 6.08 Å². The minimum atomic E-state index is -0.175. The Hall–Kier alpha value is -3.53. The number of nitrogens with one attached hydrogen (secondary N) is 1. The number of methoxy groups -OCH3 is 1. The predicted octanol–water partition coefficient (Wildman–Crippen LogP) is 6.05. The second-order valence-corrected chi connectivity index (χ2v) is 7.25. The van der Waals surface area contributed by atoms with Crippen LogP contribution in [0.1, 0.15) is 36.5 Å². The van der Waals surface area contributed by atoms with Crippen molar-refractivity contribution in [3.8, 4) is 11.5 Å². The molecule has 0 fully saturated rings. The molecule has 154 valence electrons. The fourth-order valence-electron chi connectivity index (χ4n) is 3.10. The fourth-order valence-corrected chi connectivity index (χ4v) is 3.10. The Labute approximate surface area is 178 Å². The number of para-hydroxylation sites is 1. The molecule has 3 aromatic carbocycles. The maximum atomic E-state index is 12.4. The number of ether oxygens (including phenoxy) is 2. The molecule has 30 heavy (non-hydrogen) atoms. The van der Waals surface area contributed by atoms with Crippen LogP contribution in [0.2, 0.25) is 0 Å². The van der Waals surface area contributed by atoms with Gasteiger partial charge in [-0.3, -0.25) is 4.79 Å². The van der Waals surface area contributed by atoms with Crippen LogP contribution in [0.3, 0.4) is 0 Å².